The van der Waals surface area contributed by atoms with Crippen LogP contribution in [0, 0.1) is 5.92 Å². The van der Waals surface area contributed by atoms with Crippen molar-refractivity contribution in [2.24, 2.45) is 5.92 Å². The van der Waals surface area contributed by atoms with E-state index in [9.17, 15) is 4.79 Å². The monoisotopic (exact) mass is 585 g/mol. The van der Waals surface area contributed by atoms with Crippen molar-refractivity contribution >= 4 is 46.3 Å². The van der Waals surface area contributed by atoms with Gasteiger partial charge in [-0.25, -0.2) is 4.79 Å². The molecule has 0 aliphatic carbocycles. The molecule has 41 heavy (non-hydrogen) atoms. The first-order chi connectivity index (χ1) is 19.9. The molecule has 4 heterocycles. The van der Waals surface area contributed by atoms with Crippen LogP contribution in [0.2, 0.25) is 5.02 Å². The van der Waals surface area contributed by atoms with Crippen LogP contribution in [0.25, 0.3) is 5.69 Å². The minimum atomic E-state index is -0.365. The number of thiocarbonyl (C=S) groups is 1. The van der Waals surface area contributed by atoms with Gasteiger partial charge in [-0.2, -0.15) is 0 Å². The molecule has 2 saturated heterocycles. The summed E-state index contributed by atoms with van der Waals surface area (Å²) in [6, 6.07) is 23.3. The third-order valence-electron chi connectivity index (χ3n) is 8.08. The molecule has 2 atom stereocenters. The van der Waals surface area contributed by atoms with Gasteiger partial charge in [-0.05, 0) is 97.7 Å². The van der Waals surface area contributed by atoms with Crippen molar-refractivity contribution < 1.29 is 9.53 Å². The van der Waals surface area contributed by atoms with Gasteiger partial charge in [0.25, 0.3) is 0 Å². The van der Waals surface area contributed by atoms with Gasteiger partial charge in [-0.1, -0.05) is 24.6 Å². The molecule has 6 rings (SSSR count). The molecule has 0 saturated carbocycles. The lowest BCUT2D eigenvalue weighted by atomic mass is 9.98. The maximum Gasteiger partial charge on any atom is 0.337 e. The van der Waals surface area contributed by atoms with E-state index in [1.807, 2.05) is 48.7 Å². The summed E-state index contributed by atoms with van der Waals surface area (Å²) >= 11 is 12.9. The molecule has 2 fully saturated rings. The van der Waals surface area contributed by atoms with Crippen molar-refractivity contribution in [3.8, 4) is 5.69 Å². The summed E-state index contributed by atoms with van der Waals surface area (Å²) in [5, 5.41) is 4.86. The van der Waals surface area contributed by atoms with Crippen molar-refractivity contribution in [3.05, 3.63) is 107 Å². The molecule has 4 aromatic rings. The van der Waals surface area contributed by atoms with Crippen LogP contribution in [-0.2, 0) is 4.74 Å². The van der Waals surface area contributed by atoms with E-state index in [0.717, 1.165) is 47.5 Å². The smallest absolute Gasteiger partial charge is 0.337 e. The van der Waals surface area contributed by atoms with Crippen LogP contribution >= 0.6 is 23.8 Å². The highest BCUT2D eigenvalue weighted by molar-refractivity contribution is 7.80. The van der Waals surface area contributed by atoms with Gasteiger partial charge >= 0.3 is 5.97 Å². The number of pyridine rings is 1. The number of nitrogens with one attached hydrogen (secondary N) is 1. The molecule has 2 aromatic carbocycles. The standard InChI is InChI=1S/C32H32ClN5O2S/c1-21-14-18-36(19-15-21)27-13-12-24(20-25(27)33)38-30(29(35-32(38)41)26-6-3-4-16-34-26)28-7-5-17-37(28)23-10-8-22(9-11-23)31(39)40-2/h3-13,16-17,20-21,29-30H,14-15,18-19H2,1-2H3,(H,35,41)/t29-,30-/m1/s1. The summed E-state index contributed by atoms with van der Waals surface area (Å²) in [5.74, 6) is 0.380. The van der Waals surface area contributed by atoms with E-state index in [-0.39, 0.29) is 18.1 Å². The summed E-state index contributed by atoms with van der Waals surface area (Å²) in [5.41, 5.74) is 5.30. The fourth-order valence-corrected chi connectivity index (χ4v) is 6.47. The Morgan fingerprint density at radius 3 is 2.46 bits per heavy atom. The number of carbonyl (C=O) groups excluding carboxylic acids is 1. The largest absolute Gasteiger partial charge is 0.465 e. The zero-order valence-corrected chi connectivity index (χ0v) is 24.6. The molecule has 9 heteroatoms. The van der Waals surface area contributed by atoms with E-state index < -0.39 is 0 Å². The molecule has 2 aromatic heterocycles. The van der Waals surface area contributed by atoms with Crippen molar-refractivity contribution in [2.75, 3.05) is 30.0 Å². The van der Waals surface area contributed by atoms with Gasteiger partial charge in [0.1, 0.15) is 6.04 Å². The van der Waals surface area contributed by atoms with Crippen LogP contribution < -0.4 is 15.1 Å². The van der Waals surface area contributed by atoms with Crippen LogP contribution in [-0.4, -0.2) is 40.8 Å². The molecular formula is C32H32ClN5O2S. The number of nitrogens with zero attached hydrogens (tertiary/aromatic N) is 4. The lowest BCUT2D eigenvalue weighted by Crippen LogP contribution is -2.33. The van der Waals surface area contributed by atoms with E-state index in [2.05, 4.69) is 49.8 Å². The minimum absolute atomic E-state index is 0.200. The number of rotatable bonds is 6. The number of hydrogen-bond acceptors (Lipinski definition) is 5. The highest BCUT2D eigenvalue weighted by atomic mass is 35.5. The van der Waals surface area contributed by atoms with E-state index >= 15 is 0 Å². The van der Waals surface area contributed by atoms with Gasteiger partial charge in [0.15, 0.2) is 5.11 Å². The number of benzene rings is 2. The maximum absolute atomic E-state index is 12.0. The molecule has 0 amide bonds. The van der Waals surface area contributed by atoms with Crippen molar-refractivity contribution in [1.29, 1.82) is 0 Å². The Morgan fingerprint density at radius 2 is 1.78 bits per heavy atom. The molecule has 0 radical (unpaired) electrons. The second-order valence-electron chi connectivity index (χ2n) is 10.6. The Labute approximate surface area is 250 Å². The van der Waals surface area contributed by atoms with Crippen LogP contribution in [0.4, 0.5) is 11.4 Å². The van der Waals surface area contributed by atoms with Gasteiger partial charge in [0, 0.05) is 42.6 Å². The van der Waals surface area contributed by atoms with E-state index in [0.29, 0.717) is 15.7 Å². The fraction of sp³-hybridized carbons (Fsp3) is 0.281. The second kappa shape index (κ2) is 11.5. The van der Waals surface area contributed by atoms with Gasteiger partial charge in [-0.15, -0.1) is 0 Å². The first kappa shape index (κ1) is 27.3. The number of hydrogen-bond donors (Lipinski definition) is 1. The molecule has 7 nitrogen and oxygen atoms in total. The Bertz CT molecular complexity index is 1550. The van der Waals surface area contributed by atoms with E-state index in [4.69, 9.17) is 28.6 Å². The number of ether oxygens (including phenoxy) is 1. The average Bonchev–Trinajstić information content (AvgIpc) is 3.62. The predicted molar refractivity (Wildman–Crippen MR) is 167 cm³/mol. The van der Waals surface area contributed by atoms with Crippen molar-refractivity contribution in [2.45, 2.75) is 31.8 Å². The zero-order chi connectivity index (χ0) is 28.5. The van der Waals surface area contributed by atoms with E-state index in [1.165, 1.54) is 20.0 Å². The van der Waals surface area contributed by atoms with Crippen LogP contribution in [0.1, 0.15) is 53.6 Å². The summed E-state index contributed by atoms with van der Waals surface area (Å²) in [6.07, 6.45) is 6.16. The quantitative estimate of drug-likeness (QED) is 0.199. The predicted octanol–water partition coefficient (Wildman–Crippen LogP) is 6.73. The number of halogens is 1. The summed E-state index contributed by atoms with van der Waals surface area (Å²) in [6.45, 7) is 4.33. The Kier molecular flexibility index (Phi) is 7.69. The third kappa shape index (κ3) is 5.29. The first-order valence-electron chi connectivity index (χ1n) is 13.9. The molecule has 0 bridgehead atoms. The van der Waals surface area contributed by atoms with Crippen molar-refractivity contribution in [3.63, 3.8) is 0 Å². The topological polar surface area (TPSA) is 62.6 Å². The number of methoxy groups -OCH3 is 1. The summed E-state index contributed by atoms with van der Waals surface area (Å²) < 4.78 is 7.00. The number of piperidine rings is 1. The Morgan fingerprint density at radius 1 is 1.02 bits per heavy atom. The average molecular weight is 586 g/mol. The SMILES string of the molecule is COC(=O)c1ccc(-n2cccc2[C@@H]2[C@@H](c3ccccn3)NC(=S)N2c2ccc(N3CCC(C)CC3)c(Cl)c2)cc1. The molecule has 0 unspecified atom stereocenters. The minimum Gasteiger partial charge on any atom is -0.465 e. The Balaban J connectivity index is 1.40. The fourth-order valence-electron chi connectivity index (χ4n) is 5.83. The van der Waals surface area contributed by atoms with Crippen LogP contribution in [0.5, 0.6) is 0 Å². The highest BCUT2D eigenvalue weighted by Gasteiger charge is 2.42. The molecular weight excluding hydrogens is 554 g/mol. The molecule has 210 valence electrons. The Hall–Kier alpha value is -3.88. The second-order valence-corrected chi connectivity index (χ2v) is 11.4. The van der Waals surface area contributed by atoms with Gasteiger partial charge in [0.05, 0.1) is 35.1 Å². The summed E-state index contributed by atoms with van der Waals surface area (Å²) in [4.78, 5) is 21.2. The molecule has 1 N–H and O–H groups in total. The number of aromatic nitrogens is 2. The lowest BCUT2D eigenvalue weighted by Gasteiger charge is -2.33. The molecule has 2 aliphatic rings. The van der Waals surface area contributed by atoms with Crippen molar-refractivity contribution in [1.82, 2.24) is 14.9 Å². The molecule has 2 aliphatic heterocycles. The lowest BCUT2D eigenvalue weighted by molar-refractivity contribution is 0.0600. The highest BCUT2D eigenvalue weighted by Crippen LogP contribution is 2.44. The van der Waals surface area contributed by atoms with Gasteiger partial charge < -0.3 is 24.4 Å². The van der Waals surface area contributed by atoms with Crippen LogP contribution in [0.3, 0.4) is 0 Å². The number of anilines is 2. The van der Waals surface area contributed by atoms with Gasteiger partial charge in [-0.3, -0.25) is 4.98 Å². The van der Waals surface area contributed by atoms with E-state index in [1.54, 1.807) is 18.3 Å². The summed E-state index contributed by atoms with van der Waals surface area (Å²) in [7, 11) is 1.38. The third-order valence-corrected chi connectivity index (χ3v) is 8.70. The van der Waals surface area contributed by atoms with Gasteiger partial charge in [0.2, 0.25) is 0 Å². The molecule has 0 spiro atoms. The number of esters is 1. The zero-order valence-electron chi connectivity index (χ0n) is 23.0. The number of carbonyl (C=O) groups is 1. The van der Waals surface area contributed by atoms with Crippen LogP contribution in [0.15, 0.2) is 85.2 Å². The first-order valence-corrected chi connectivity index (χ1v) is 14.6. The maximum atomic E-state index is 12.0. The normalized spacial score (nSPS) is 19.3.